The second kappa shape index (κ2) is 5.35. The van der Waals surface area contributed by atoms with Crippen molar-refractivity contribution in [3.63, 3.8) is 0 Å². The molecule has 23 heavy (non-hydrogen) atoms. The summed E-state index contributed by atoms with van der Waals surface area (Å²) in [6.07, 6.45) is 14.9. The Labute approximate surface area is 144 Å². The van der Waals surface area contributed by atoms with Crippen LogP contribution in [-0.2, 0) is 6.54 Å². The van der Waals surface area contributed by atoms with E-state index in [0.717, 1.165) is 34.5 Å². The molecular weight excluding hydrogens is 356 g/mol. The van der Waals surface area contributed by atoms with Gasteiger partial charge in [0.25, 0.3) is 5.82 Å². The van der Waals surface area contributed by atoms with Gasteiger partial charge >= 0.3 is 0 Å². The topological polar surface area (TPSA) is 45.5 Å². The van der Waals surface area contributed by atoms with Crippen molar-refractivity contribution in [3.8, 4) is 0 Å². The molecule has 6 nitrogen and oxygen atoms in total. The second-order valence-corrected chi connectivity index (χ2v) is 7.30. The normalized spacial score (nSPS) is 26.3. The number of aliphatic imine (C=N–C) groups is 1. The van der Waals surface area contributed by atoms with Crippen LogP contribution in [0, 0.1) is 5.92 Å². The highest BCUT2D eigenvalue weighted by molar-refractivity contribution is 9.10. The molecule has 2 aliphatic heterocycles. The molecule has 1 aliphatic carbocycles. The summed E-state index contributed by atoms with van der Waals surface area (Å²) >= 11 is 3.47. The van der Waals surface area contributed by atoms with Crippen molar-refractivity contribution in [3.05, 3.63) is 47.1 Å². The first kappa shape index (κ1) is 14.7. The summed E-state index contributed by atoms with van der Waals surface area (Å²) in [7, 11) is 4.08. The van der Waals surface area contributed by atoms with E-state index in [2.05, 4.69) is 55.3 Å². The number of rotatable bonds is 4. The number of hydrogen-bond donors (Lipinski definition) is 1. The highest BCUT2D eigenvalue weighted by atomic mass is 79.9. The van der Waals surface area contributed by atoms with Crippen molar-refractivity contribution in [2.75, 3.05) is 14.1 Å². The molecule has 1 saturated carbocycles. The van der Waals surface area contributed by atoms with Crippen LogP contribution in [0.1, 0.15) is 18.7 Å². The highest BCUT2D eigenvalue weighted by Crippen LogP contribution is 2.31. The van der Waals surface area contributed by atoms with Gasteiger partial charge in [-0.25, -0.2) is 10.4 Å². The number of imidazole rings is 1. The van der Waals surface area contributed by atoms with E-state index in [1.807, 2.05) is 36.5 Å². The molecule has 120 valence electrons. The lowest BCUT2D eigenvalue weighted by Gasteiger charge is -2.27. The van der Waals surface area contributed by atoms with Crippen molar-refractivity contribution in [2.45, 2.75) is 19.4 Å². The zero-order chi connectivity index (χ0) is 16.0. The SMILES string of the molecule is CN1C=C[N+]2(C)NC(/C=C/c3nc(Br)cn3CC3CC3)=NC2=C1. The fraction of sp³-hybridized carbons (Fsp3) is 0.375. The van der Waals surface area contributed by atoms with Crippen molar-refractivity contribution in [2.24, 2.45) is 10.9 Å². The predicted octanol–water partition coefficient (Wildman–Crippen LogP) is 2.65. The lowest BCUT2D eigenvalue weighted by molar-refractivity contribution is -0.853. The maximum absolute atomic E-state index is 4.67. The molecule has 0 radical (unpaired) electrons. The summed E-state index contributed by atoms with van der Waals surface area (Å²) in [6.45, 7) is 1.05. The summed E-state index contributed by atoms with van der Waals surface area (Å²) in [5.74, 6) is 3.59. The molecule has 1 N–H and O–H groups in total. The third-order valence-corrected chi connectivity index (χ3v) is 4.68. The van der Waals surface area contributed by atoms with Gasteiger partial charge in [0.05, 0.1) is 12.4 Å². The number of nitrogens with one attached hydrogen (secondary N) is 1. The van der Waals surface area contributed by atoms with E-state index in [-0.39, 0.29) is 0 Å². The van der Waals surface area contributed by atoms with Gasteiger partial charge in [-0.2, -0.15) is 4.99 Å². The molecule has 0 spiro atoms. The van der Waals surface area contributed by atoms with Crippen LogP contribution >= 0.6 is 15.9 Å². The minimum absolute atomic E-state index is 0.490. The van der Waals surface area contributed by atoms with Crippen LogP contribution < -0.4 is 5.43 Å². The average Bonchev–Trinajstić information content (AvgIpc) is 3.15. The van der Waals surface area contributed by atoms with E-state index in [4.69, 9.17) is 0 Å². The Kier molecular flexibility index (Phi) is 3.42. The van der Waals surface area contributed by atoms with E-state index in [9.17, 15) is 0 Å². The third-order valence-electron chi connectivity index (χ3n) is 4.30. The Bertz CT molecular complexity index is 755. The summed E-state index contributed by atoms with van der Waals surface area (Å²) in [6, 6.07) is 0. The van der Waals surface area contributed by atoms with Crippen LogP contribution in [-0.4, -0.2) is 39.0 Å². The maximum atomic E-state index is 4.67. The van der Waals surface area contributed by atoms with Gasteiger partial charge in [-0.05, 0) is 46.8 Å². The zero-order valence-electron chi connectivity index (χ0n) is 13.3. The minimum atomic E-state index is 0.490. The molecule has 7 heteroatoms. The van der Waals surface area contributed by atoms with E-state index in [1.165, 1.54) is 12.8 Å². The molecule has 3 heterocycles. The van der Waals surface area contributed by atoms with E-state index >= 15 is 0 Å². The lowest BCUT2D eigenvalue weighted by Crippen LogP contribution is -2.48. The number of halogens is 1. The maximum Gasteiger partial charge on any atom is 0.275 e. The quantitative estimate of drug-likeness (QED) is 0.822. The number of quaternary nitrogens is 1. The van der Waals surface area contributed by atoms with E-state index in [1.54, 1.807) is 0 Å². The van der Waals surface area contributed by atoms with Crippen molar-refractivity contribution >= 4 is 27.8 Å². The molecule has 1 fully saturated rings. The summed E-state index contributed by atoms with van der Waals surface area (Å²) < 4.78 is 3.58. The van der Waals surface area contributed by atoms with Crippen LogP contribution in [0.4, 0.5) is 0 Å². The molecule has 0 saturated heterocycles. The lowest BCUT2D eigenvalue weighted by atomic mass is 10.4. The molecule has 1 aromatic rings. The number of amidine groups is 1. The number of nitrogens with zero attached hydrogens (tertiary/aromatic N) is 5. The molecule has 1 atom stereocenters. The van der Waals surface area contributed by atoms with Crippen LogP contribution in [0.5, 0.6) is 0 Å². The first-order valence-electron chi connectivity index (χ1n) is 7.79. The average molecular weight is 376 g/mol. The van der Waals surface area contributed by atoms with Gasteiger partial charge in [-0.15, -0.1) is 4.59 Å². The predicted molar refractivity (Wildman–Crippen MR) is 93.4 cm³/mol. The fourth-order valence-electron chi connectivity index (χ4n) is 2.76. The molecule has 4 rings (SSSR count). The largest absolute Gasteiger partial charge is 0.346 e. The first-order chi connectivity index (χ1) is 11.0. The fourth-order valence-corrected chi connectivity index (χ4v) is 3.19. The third kappa shape index (κ3) is 2.98. The molecular formula is C16H20BrN6+. The highest BCUT2D eigenvalue weighted by Gasteiger charge is 2.35. The number of hydrogen-bond acceptors (Lipinski definition) is 4. The van der Waals surface area contributed by atoms with Crippen molar-refractivity contribution in [1.29, 1.82) is 0 Å². The first-order valence-corrected chi connectivity index (χ1v) is 8.59. The van der Waals surface area contributed by atoms with E-state index < -0.39 is 0 Å². The molecule has 3 aliphatic rings. The van der Waals surface area contributed by atoms with Gasteiger partial charge in [0.15, 0.2) is 5.84 Å². The van der Waals surface area contributed by atoms with Crippen molar-refractivity contribution < 1.29 is 4.59 Å². The Hall–Kier alpha value is -1.86. The van der Waals surface area contributed by atoms with Gasteiger partial charge in [-0.1, -0.05) is 0 Å². The van der Waals surface area contributed by atoms with Crippen LogP contribution in [0.25, 0.3) is 6.08 Å². The monoisotopic (exact) mass is 375 g/mol. The van der Waals surface area contributed by atoms with Crippen LogP contribution in [0.3, 0.4) is 0 Å². The van der Waals surface area contributed by atoms with Gasteiger partial charge in [0, 0.05) is 19.8 Å². The molecule has 0 bridgehead atoms. The smallest absolute Gasteiger partial charge is 0.275 e. The Morgan fingerprint density at radius 1 is 1.43 bits per heavy atom. The Balaban J connectivity index is 1.55. The van der Waals surface area contributed by atoms with Gasteiger partial charge in [0.1, 0.15) is 23.7 Å². The molecule has 0 aromatic carbocycles. The summed E-state index contributed by atoms with van der Waals surface area (Å²) in [5.41, 5.74) is 3.41. The Morgan fingerprint density at radius 2 is 2.26 bits per heavy atom. The molecule has 1 unspecified atom stereocenters. The molecule has 1 aromatic heterocycles. The van der Waals surface area contributed by atoms with Crippen LogP contribution in [0.15, 0.2) is 46.3 Å². The van der Waals surface area contributed by atoms with E-state index in [0.29, 0.717) is 4.59 Å². The van der Waals surface area contributed by atoms with Gasteiger partial charge in [-0.3, -0.25) is 0 Å². The number of fused-ring (bicyclic) bond motifs is 1. The summed E-state index contributed by atoms with van der Waals surface area (Å²) in [4.78, 5) is 11.2. The summed E-state index contributed by atoms with van der Waals surface area (Å²) in [5, 5.41) is 0. The Morgan fingerprint density at radius 3 is 3.04 bits per heavy atom. The van der Waals surface area contributed by atoms with Gasteiger partial charge < -0.3 is 9.47 Å². The second-order valence-electron chi connectivity index (χ2n) is 6.49. The molecule has 0 amide bonds. The van der Waals surface area contributed by atoms with Crippen LogP contribution in [0.2, 0.25) is 0 Å². The number of aromatic nitrogens is 2. The standard InChI is InChI=1S/C16H20BrN6/c1-21-7-8-23(2)16(11-21)19-14(20-23)5-6-15-18-13(17)10-22(15)9-12-3-4-12/h5-8,10-12H,3-4,9H2,1-2H3,(H,19,20)/q+1/b6-5+. The minimum Gasteiger partial charge on any atom is -0.346 e. The van der Waals surface area contributed by atoms with Gasteiger partial charge in [0.2, 0.25) is 0 Å². The zero-order valence-corrected chi connectivity index (χ0v) is 14.9. The van der Waals surface area contributed by atoms with Crippen molar-refractivity contribution in [1.82, 2.24) is 19.9 Å².